The van der Waals surface area contributed by atoms with Crippen molar-refractivity contribution in [3.8, 4) is 22.9 Å². The number of carbonyl (C=O) groups is 1. The molecule has 5 nitrogen and oxygen atoms in total. The van der Waals surface area contributed by atoms with Crippen LogP contribution in [-0.2, 0) is 6.42 Å². The Bertz CT molecular complexity index is 1060. The molecule has 3 rings (SSSR count). The van der Waals surface area contributed by atoms with Crippen molar-refractivity contribution < 1.29 is 9.90 Å². The summed E-state index contributed by atoms with van der Waals surface area (Å²) in [6.07, 6.45) is 8.40. The van der Waals surface area contributed by atoms with Gasteiger partial charge in [-0.2, -0.15) is 0 Å². The van der Waals surface area contributed by atoms with Crippen LogP contribution >= 0.6 is 27.3 Å². The number of amides is 1. The summed E-state index contributed by atoms with van der Waals surface area (Å²) in [5.74, 6) is 2.40. The predicted molar refractivity (Wildman–Crippen MR) is 119 cm³/mol. The second-order valence-corrected chi connectivity index (χ2v) is 8.59. The molecule has 0 spiro atoms. The number of rotatable bonds is 6. The van der Waals surface area contributed by atoms with E-state index in [9.17, 15) is 9.90 Å². The molecule has 3 aromatic rings. The third kappa shape index (κ3) is 5.30. The van der Waals surface area contributed by atoms with E-state index in [2.05, 4.69) is 31.8 Å². The van der Waals surface area contributed by atoms with Gasteiger partial charge in [-0.25, -0.2) is 4.98 Å². The van der Waals surface area contributed by atoms with Crippen LogP contribution in [0.5, 0.6) is 0 Å². The van der Waals surface area contributed by atoms with E-state index in [1.165, 1.54) is 16.2 Å². The minimum atomic E-state index is -0.676. The number of pyridine rings is 1. The molecule has 1 atom stereocenters. The first kappa shape index (κ1) is 21.2. The molecule has 1 amide bonds. The number of halogens is 1. The van der Waals surface area contributed by atoms with E-state index in [1.54, 1.807) is 25.5 Å². The van der Waals surface area contributed by atoms with Crippen molar-refractivity contribution in [1.29, 1.82) is 0 Å². The molecule has 0 aliphatic rings. The number of carbonyl (C=O) groups excluding carboxylic acids is 1. The van der Waals surface area contributed by atoms with Gasteiger partial charge in [0.1, 0.15) is 5.01 Å². The molecular formula is C22H20BrN3O2S. The van der Waals surface area contributed by atoms with Gasteiger partial charge in [0.25, 0.3) is 5.91 Å². The van der Waals surface area contributed by atoms with Gasteiger partial charge in [-0.3, -0.25) is 9.78 Å². The van der Waals surface area contributed by atoms with Crippen molar-refractivity contribution in [2.45, 2.75) is 19.4 Å². The molecule has 0 saturated carbocycles. The summed E-state index contributed by atoms with van der Waals surface area (Å²) in [5, 5.41) is 11.3. The molecule has 0 radical (unpaired) electrons. The quantitative estimate of drug-likeness (QED) is 0.555. The number of nitrogens with zero attached hydrogens (tertiary/aromatic N) is 3. The molecule has 0 aliphatic heterocycles. The fraction of sp³-hybridized carbons (Fsp3) is 0.227. The first-order chi connectivity index (χ1) is 13.9. The summed E-state index contributed by atoms with van der Waals surface area (Å²) in [5.41, 5.74) is 3.27. The van der Waals surface area contributed by atoms with Crippen molar-refractivity contribution in [2.24, 2.45) is 0 Å². The molecule has 1 aromatic carbocycles. The van der Waals surface area contributed by atoms with Gasteiger partial charge in [-0.05, 0) is 34.5 Å². The minimum Gasteiger partial charge on any atom is -0.391 e. The Balaban J connectivity index is 1.59. The zero-order valence-electron chi connectivity index (χ0n) is 16.1. The number of aliphatic hydroxyl groups is 1. The summed E-state index contributed by atoms with van der Waals surface area (Å²) in [6, 6.07) is 9.59. The maximum atomic E-state index is 12.6. The molecule has 148 valence electrons. The van der Waals surface area contributed by atoms with E-state index in [-0.39, 0.29) is 12.5 Å². The van der Waals surface area contributed by atoms with E-state index < -0.39 is 6.10 Å². The monoisotopic (exact) mass is 469 g/mol. The van der Waals surface area contributed by atoms with Crippen LogP contribution in [0.25, 0.3) is 10.6 Å². The van der Waals surface area contributed by atoms with Gasteiger partial charge in [0.15, 0.2) is 0 Å². The normalized spacial score (nSPS) is 11.7. The van der Waals surface area contributed by atoms with Crippen molar-refractivity contribution in [3.05, 3.63) is 68.9 Å². The first-order valence-corrected chi connectivity index (χ1v) is 10.6. The molecule has 2 aromatic heterocycles. The fourth-order valence-corrected chi connectivity index (χ4v) is 3.92. The molecule has 0 aliphatic carbocycles. The molecule has 0 fully saturated rings. The molecule has 7 heteroatoms. The number of aliphatic hydroxyl groups excluding tert-OH is 1. The third-order valence-electron chi connectivity index (χ3n) is 4.42. The van der Waals surface area contributed by atoms with Crippen LogP contribution < -0.4 is 0 Å². The van der Waals surface area contributed by atoms with Crippen molar-refractivity contribution in [1.82, 2.24) is 14.9 Å². The van der Waals surface area contributed by atoms with Gasteiger partial charge in [-0.1, -0.05) is 30.2 Å². The zero-order valence-corrected chi connectivity index (χ0v) is 18.5. The molecular weight excluding hydrogens is 450 g/mol. The molecule has 0 saturated heterocycles. The molecule has 29 heavy (non-hydrogen) atoms. The van der Waals surface area contributed by atoms with E-state index >= 15 is 0 Å². The van der Waals surface area contributed by atoms with E-state index in [1.807, 2.05) is 31.2 Å². The maximum Gasteiger partial charge on any atom is 0.255 e. The second kappa shape index (κ2) is 9.31. The minimum absolute atomic E-state index is 0.180. The number of hydrogen-bond acceptors (Lipinski definition) is 5. The van der Waals surface area contributed by atoms with Crippen LogP contribution in [0.3, 0.4) is 0 Å². The predicted octanol–water partition coefficient (Wildman–Crippen LogP) is 3.93. The Morgan fingerprint density at radius 3 is 2.66 bits per heavy atom. The van der Waals surface area contributed by atoms with Crippen molar-refractivity contribution >= 4 is 33.2 Å². The van der Waals surface area contributed by atoms with Crippen LogP contribution in [0.4, 0.5) is 0 Å². The average molecular weight is 470 g/mol. The number of hydrogen-bond donors (Lipinski definition) is 1. The SMILES string of the molecule is C#Cc1cnc(-c2ccc(C[C@H](O)CN(C)C(=O)c3cnc(C)c(Br)c3)cc2)s1. The lowest BCUT2D eigenvalue weighted by Gasteiger charge is -2.21. The highest BCUT2D eigenvalue weighted by atomic mass is 79.9. The van der Waals surface area contributed by atoms with Crippen molar-refractivity contribution in [2.75, 3.05) is 13.6 Å². The Labute approximate surface area is 182 Å². The lowest BCUT2D eigenvalue weighted by atomic mass is 10.1. The van der Waals surface area contributed by atoms with Gasteiger partial charge in [0.2, 0.25) is 0 Å². The lowest BCUT2D eigenvalue weighted by molar-refractivity contribution is 0.0681. The van der Waals surface area contributed by atoms with Crippen molar-refractivity contribution in [3.63, 3.8) is 0 Å². The van der Waals surface area contributed by atoms with E-state index in [0.29, 0.717) is 12.0 Å². The number of thiazole rings is 1. The van der Waals surface area contributed by atoms with Gasteiger partial charge >= 0.3 is 0 Å². The highest BCUT2D eigenvalue weighted by Gasteiger charge is 2.17. The van der Waals surface area contributed by atoms with Gasteiger partial charge in [0.05, 0.1) is 28.4 Å². The largest absolute Gasteiger partial charge is 0.391 e. The standard InChI is InChI=1S/C22H20BrN3O2S/c1-4-19-12-25-21(29-19)16-7-5-15(6-8-16)9-18(27)13-26(3)22(28)17-10-20(23)14(2)24-11-17/h1,5-8,10-12,18,27H,9,13H2,2-3H3/t18-/m0/s1. The smallest absolute Gasteiger partial charge is 0.255 e. The number of benzene rings is 1. The van der Waals surface area contributed by atoms with Gasteiger partial charge in [0, 0.05) is 36.2 Å². The number of terminal acetylenes is 1. The Morgan fingerprint density at radius 2 is 2.03 bits per heavy atom. The average Bonchev–Trinajstić information content (AvgIpc) is 3.19. The first-order valence-electron chi connectivity index (χ1n) is 8.95. The van der Waals surface area contributed by atoms with E-state index in [0.717, 1.165) is 31.2 Å². The third-order valence-corrected chi connectivity index (χ3v) is 6.20. The molecule has 2 heterocycles. The Kier molecular flexibility index (Phi) is 6.80. The van der Waals surface area contributed by atoms with Gasteiger partial charge < -0.3 is 10.0 Å². The maximum absolute atomic E-state index is 12.6. The van der Waals surface area contributed by atoms with Crippen LogP contribution in [0.2, 0.25) is 0 Å². The number of likely N-dealkylation sites (N-methyl/N-ethyl adjacent to an activating group) is 1. The highest BCUT2D eigenvalue weighted by molar-refractivity contribution is 9.10. The summed E-state index contributed by atoms with van der Waals surface area (Å²) in [6.45, 7) is 2.09. The summed E-state index contributed by atoms with van der Waals surface area (Å²) >= 11 is 4.86. The summed E-state index contributed by atoms with van der Waals surface area (Å²) in [4.78, 5) is 23.4. The summed E-state index contributed by atoms with van der Waals surface area (Å²) in [7, 11) is 1.67. The van der Waals surface area contributed by atoms with Crippen LogP contribution in [0.15, 0.2) is 47.2 Å². The van der Waals surface area contributed by atoms with Crippen LogP contribution in [-0.4, -0.2) is 45.6 Å². The molecule has 1 N–H and O–H groups in total. The zero-order chi connectivity index (χ0) is 21.0. The second-order valence-electron chi connectivity index (χ2n) is 6.71. The molecule has 0 unspecified atom stereocenters. The molecule has 0 bridgehead atoms. The Hall–Kier alpha value is -2.53. The van der Waals surface area contributed by atoms with Crippen LogP contribution in [0, 0.1) is 19.3 Å². The van der Waals surface area contributed by atoms with Crippen LogP contribution in [0.1, 0.15) is 26.5 Å². The summed E-state index contributed by atoms with van der Waals surface area (Å²) < 4.78 is 0.784. The van der Waals surface area contributed by atoms with E-state index in [4.69, 9.17) is 6.42 Å². The lowest BCUT2D eigenvalue weighted by Crippen LogP contribution is -2.35. The topological polar surface area (TPSA) is 66.3 Å². The number of aryl methyl sites for hydroxylation is 1. The Morgan fingerprint density at radius 1 is 1.31 bits per heavy atom. The highest BCUT2D eigenvalue weighted by Crippen LogP contribution is 2.25. The number of aromatic nitrogens is 2. The fourth-order valence-electron chi connectivity index (χ4n) is 2.84. The van der Waals surface area contributed by atoms with Gasteiger partial charge in [-0.15, -0.1) is 17.8 Å².